The van der Waals surface area contributed by atoms with E-state index in [9.17, 15) is 0 Å². The lowest BCUT2D eigenvalue weighted by atomic mass is 10.1. The van der Waals surface area contributed by atoms with E-state index in [0.29, 0.717) is 17.7 Å². The van der Waals surface area contributed by atoms with E-state index in [1.165, 1.54) is 0 Å². The third-order valence-electron chi connectivity index (χ3n) is 5.48. The number of nitrogens with one attached hydrogen (secondary N) is 2. The van der Waals surface area contributed by atoms with Gasteiger partial charge in [-0.15, -0.1) is 0 Å². The summed E-state index contributed by atoms with van der Waals surface area (Å²) in [5, 5.41) is 7.98. The van der Waals surface area contributed by atoms with Gasteiger partial charge in [0, 0.05) is 29.6 Å². The zero-order valence-electron chi connectivity index (χ0n) is 16.2. The quantitative estimate of drug-likeness (QED) is 0.495. The van der Waals surface area contributed by atoms with Crippen LogP contribution < -0.4 is 15.8 Å². The van der Waals surface area contributed by atoms with Gasteiger partial charge in [0.05, 0.1) is 35.9 Å². The van der Waals surface area contributed by atoms with Crippen molar-refractivity contribution in [2.45, 2.75) is 18.9 Å². The Hall–Kier alpha value is -3.39. The molecule has 3 aromatic heterocycles. The number of anilines is 1. The number of H-pyrrole nitrogens is 1. The first-order valence-corrected chi connectivity index (χ1v) is 9.76. The molecule has 29 heavy (non-hydrogen) atoms. The molecule has 0 aliphatic carbocycles. The summed E-state index contributed by atoms with van der Waals surface area (Å²) in [6.07, 6.45) is 7.96. The zero-order valence-corrected chi connectivity index (χ0v) is 16.2. The van der Waals surface area contributed by atoms with E-state index in [-0.39, 0.29) is 0 Å². The Labute approximate surface area is 168 Å². The number of nitrogens with two attached hydrogens (primary N) is 1. The highest BCUT2D eigenvalue weighted by Gasteiger charge is 2.17. The number of pyridine rings is 1. The second kappa shape index (κ2) is 7.21. The molecule has 4 heterocycles. The molecule has 0 spiro atoms. The topological polar surface area (TPSA) is 107 Å². The monoisotopic (exact) mass is 389 g/mol. The van der Waals surface area contributed by atoms with Gasteiger partial charge in [-0.2, -0.15) is 5.10 Å². The molecule has 4 aromatic rings. The van der Waals surface area contributed by atoms with Crippen LogP contribution in [0.5, 0.6) is 5.75 Å². The van der Waals surface area contributed by atoms with Crippen LogP contribution in [0.1, 0.15) is 18.9 Å². The fourth-order valence-electron chi connectivity index (χ4n) is 3.82. The van der Waals surface area contributed by atoms with Crippen molar-refractivity contribution in [1.82, 2.24) is 30.0 Å². The highest BCUT2D eigenvalue weighted by Crippen LogP contribution is 2.31. The smallest absolute Gasteiger partial charge is 0.142 e. The van der Waals surface area contributed by atoms with Crippen LogP contribution in [0.4, 0.5) is 5.82 Å². The van der Waals surface area contributed by atoms with Gasteiger partial charge in [-0.25, -0.2) is 9.97 Å². The second-order valence-corrected chi connectivity index (χ2v) is 7.32. The molecule has 1 fully saturated rings. The molecule has 0 radical (unpaired) electrons. The molecule has 0 unspecified atom stereocenters. The summed E-state index contributed by atoms with van der Waals surface area (Å²) >= 11 is 0. The summed E-state index contributed by atoms with van der Waals surface area (Å²) in [7, 11) is 1.65. The van der Waals surface area contributed by atoms with Crippen LogP contribution in [-0.2, 0) is 0 Å². The largest absolute Gasteiger partial charge is 0.497 e. The average molecular weight is 389 g/mol. The Bertz CT molecular complexity index is 1160. The van der Waals surface area contributed by atoms with Crippen molar-refractivity contribution < 1.29 is 4.74 Å². The van der Waals surface area contributed by atoms with E-state index in [1.54, 1.807) is 13.3 Å². The van der Waals surface area contributed by atoms with E-state index in [0.717, 1.165) is 59.4 Å². The summed E-state index contributed by atoms with van der Waals surface area (Å²) in [6.45, 7) is 2.06. The molecule has 1 saturated heterocycles. The van der Waals surface area contributed by atoms with Crippen LogP contribution in [0, 0.1) is 0 Å². The number of nitrogens with zero attached hydrogens (tertiary/aromatic N) is 4. The maximum Gasteiger partial charge on any atom is 0.142 e. The molecular weight excluding hydrogens is 366 g/mol. The van der Waals surface area contributed by atoms with Gasteiger partial charge in [0.2, 0.25) is 0 Å². The Kier molecular flexibility index (Phi) is 4.40. The van der Waals surface area contributed by atoms with E-state index in [1.807, 2.05) is 30.5 Å². The van der Waals surface area contributed by atoms with Crippen LogP contribution in [-0.4, -0.2) is 44.9 Å². The number of rotatable bonds is 4. The maximum atomic E-state index is 6.18. The number of aromatic amines is 1. The molecular formula is C21H23N7O. The molecule has 0 amide bonds. The van der Waals surface area contributed by atoms with E-state index in [4.69, 9.17) is 10.5 Å². The van der Waals surface area contributed by atoms with Gasteiger partial charge in [-0.3, -0.25) is 4.68 Å². The van der Waals surface area contributed by atoms with Gasteiger partial charge in [0.1, 0.15) is 17.4 Å². The molecule has 1 aromatic carbocycles. The van der Waals surface area contributed by atoms with Crippen molar-refractivity contribution in [2.24, 2.45) is 0 Å². The predicted octanol–water partition coefficient (Wildman–Crippen LogP) is 3.00. The summed E-state index contributed by atoms with van der Waals surface area (Å²) < 4.78 is 7.36. The molecule has 8 heteroatoms. The Morgan fingerprint density at radius 3 is 2.83 bits per heavy atom. The van der Waals surface area contributed by atoms with Crippen molar-refractivity contribution in [1.29, 1.82) is 0 Å². The number of imidazole rings is 1. The van der Waals surface area contributed by atoms with Gasteiger partial charge < -0.3 is 20.8 Å². The van der Waals surface area contributed by atoms with Crippen LogP contribution in [0.3, 0.4) is 0 Å². The average Bonchev–Trinajstić information content (AvgIpc) is 3.41. The molecule has 4 N–H and O–H groups in total. The lowest BCUT2D eigenvalue weighted by Gasteiger charge is -2.22. The Morgan fingerprint density at radius 2 is 2.00 bits per heavy atom. The maximum absolute atomic E-state index is 6.18. The zero-order chi connectivity index (χ0) is 19.8. The number of piperidine rings is 1. The second-order valence-electron chi connectivity index (χ2n) is 7.32. The number of hydrogen-bond donors (Lipinski definition) is 3. The third kappa shape index (κ3) is 3.31. The number of hydrogen-bond acceptors (Lipinski definition) is 6. The minimum Gasteiger partial charge on any atom is -0.497 e. The van der Waals surface area contributed by atoms with Crippen LogP contribution in [0.2, 0.25) is 0 Å². The van der Waals surface area contributed by atoms with Crippen LogP contribution >= 0.6 is 0 Å². The van der Waals surface area contributed by atoms with Crippen LogP contribution in [0.25, 0.3) is 33.5 Å². The van der Waals surface area contributed by atoms with E-state index in [2.05, 4.69) is 36.2 Å². The van der Waals surface area contributed by atoms with Gasteiger partial charge in [-0.05, 0) is 44.1 Å². The molecule has 0 bridgehead atoms. The van der Waals surface area contributed by atoms with Crippen molar-refractivity contribution in [3.05, 3.63) is 42.9 Å². The number of fused-ring (bicyclic) bond motifs is 1. The molecule has 5 rings (SSSR count). The molecule has 1 aliphatic rings. The number of nitrogen functional groups attached to an aromatic ring is 1. The number of methoxy groups -OCH3 is 1. The molecule has 0 saturated carbocycles. The number of aromatic nitrogens is 5. The normalized spacial score (nSPS) is 15.1. The van der Waals surface area contributed by atoms with E-state index < -0.39 is 0 Å². The molecule has 8 nitrogen and oxygen atoms in total. The van der Waals surface area contributed by atoms with Crippen molar-refractivity contribution in [3.63, 3.8) is 0 Å². The first-order chi connectivity index (χ1) is 14.2. The molecule has 0 atom stereocenters. The van der Waals surface area contributed by atoms with Crippen molar-refractivity contribution in [3.8, 4) is 28.3 Å². The standard InChI is InChI=1S/C21H23N7O/c1-29-16-2-3-18-19(9-16)27-21(26-18)17-8-13(10-24-20(17)22)14-11-25-28(12-14)15-4-6-23-7-5-15/h2-3,8-12,15,23H,4-7H2,1H3,(H2,22,24)(H,26,27). The fraction of sp³-hybridized carbons (Fsp3) is 0.286. The highest BCUT2D eigenvalue weighted by atomic mass is 16.5. The van der Waals surface area contributed by atoms with Gasteiger partial charge in [0.25, 0.3) is 0 Å². The fourth-order valence-corrected chi connectivity index (χ4v) is 3.82. The highest BCUT2D eigenvalue weighted by molar-refractivity contribution is 5.84. The van der Waals surface area contributed by atoms with E-state index >= 15 is 0 Å². The first-order valence-electron chi connectivity index (χ1n) is 9.76. The molecule has 1 aliphatic heterocycles. The Balaban J connectivity index is 1.50. The summed E-state index contributed by atoms with van der Waals surface area (Å²) in [4.78, 5) is 12.4. The van der Waals surface area contributed by atoms with Gasteiger partial charge >= 0.3 is 0 Å². The van der Waals surface area contributed by atoms with Gasteiger partial charge in [0.15, 0.2) is 0 Å². The minimum atomic E-state index is 0.436. The first kappa shape index (κ1) is 17.7. The summed E-state index contributed by atoms with van der Waals surface area (Å²) in [6, 6.07) is 8.19. The summed E-state index contributed by atoms with van der Waals surface area (Å²) in [5.74, 6) is 1.90. The Morgan fingerprint density at radius 1 is 1.14 bits per heavy atom. The lowest BCUT2D eigenvalue weighted by Crippen LogP contribution is -2.29. The minimum absolute atomic E-state index is 0.436. The number of benzene rings is 1. The lowest BCUT2D eigenvalue weighted by molar-refractivity contribution is 0.343. The van der Waals surface area contributed by atoms with Crippen LogP contribution in [0.15, 0.2) is 42.9 Å². The third-order valence-corrected chi connectivity index (χ3v) is 5.48. The van der Waals surface area contributed by atoms with Crippen molar-refractivity contribution in [2.75, 3.05) is 25.9 Å². The number of ether oxygens (including phenoxy) is 1. The van der Waals surface area contributed by atoms with Crippen molar-refractivity contribution >= 4 is 16.9 Å². The predicted molar refractivity (Wildman–Crippen MR) is 113 cm³/mol. The molecule has 148 valence electrons. The van der Waals surface area contributed by atoms with Gasteiger partial charge in [-0.1, -0.05) is 0 Å². The SMILES string of the molecule is COc1ccc2nc(-c3cc(-c4cnn(C5CCNCC5)c4)cnc3N)[nH]c2c1. The summed E-state index contributed by atoms with van der Waals surface area (Å²) in [5.41, 5.74) is 10.7.